The van der Waals surface area contributed by atoms with Crippen LogP contribution in [0.4, 0.5) is 0 Å². The molecule has 7 rings (SSSR count). The lowest BCUT2D eigenvalue weighted by atomic mass is 9.84. The van der Waals surface area contributed by atoms with Gasteiger partial charge in [-0.1, -0.05) is 48.5 Å². The first-order valence-electron chi connectivity index (χ1n) is 16.4. The number of carboxylic acid groups (broad SMARTS) is 1. The first-order valence-corrected chi connectivity index (χ1v) is 17.3. The molecule has 246 valence electrons. The number of benzene rings is 3. The molecule has 0 aliphatic carbocycles. The van der Waals surface area contributed by atoms with Crippen molar-refractivity contribution in [2.75, 3.05) is 6.54 Å². The largest absolute Gasteiger partial charge is 0.487 e. The van der Waals surface area contributed by atoms with Crippen LogP contribution in [0.1, 0.15) is 72.2 Å². The predicted molar refractivity (Wildman–Crippen MR) is 188 cm³/mol. The van der Waals surface area contributed by atoms with E-state index >= 15 is 0 Å². The molecule has 3 aromatic heterocycles. The van der Waals surface area contributed by atoms with Gasteiger partial charge in [0.1, 0.15) is 35.2 Å². The number of carboxylic acids is 1. The third-order valence-electron chi connectivity index (χ3n) is 9.48. The molecule has 0 saturated carbocycles. The molecule has 10 heteroatoms. The van der Waals surface area contributed by atoms with Crippen LogP contribution in [0, 0.1) is 6.92 Å². The van der Waals surface area contributed by atoms with E-state index in [0.717, 1.165) is 63.1 Å². The van der Waals surface area contributed by atoms with Crippen LogP contribution in [0.5, 0.6) is 11.5 Å². The zero-order valence-electron chi connectivity index (χ0n) is 27.6. The van der Waals surface area contributed by atoms with Gasteiger partial charge in [0.15, 0.2) is 0 Å². The van der Waals surface area contributed by atoms with Gasteiger partial charge in [0, 0.05) is 37.0 Å². The molecule has 0 radical (unpaired) electrons. The molecule has 4 heterocycles. The highest BCUT2D eigenvalue weighted by Crippen LogP contribution is 2.41. The normalized spacial score (nSPS) is 17.2. The molecule has 9 nitrogen and oxygen atoms in total. The Hall–Kier alpha value is -4.80. The van der Waals surface area contributed by atoms with E-state index in [9.17, 15) is 9.90 Å². The molecule has 48 heavy (non-hydrogen) atoms. The van der Waals surface area contributed by atoms with Crippen molar-refractivity contribution in [3.63, 3.8) is 0 Å². The highest BCUT2D eigenvalue weighted by Gasteiger charge is 2.30. The minimum atomic E-state index is -0.871. The fraction of sp³-hybridized carbons (Fsp3) is 0.316. The van der Waals surface area contributed by atoms with Gasteiger partial charge in [-0.05, 0) is 89.2 Å². The average Bonchev–Trinajstić information content (AvgIpc) is 3.71. The molecule has 3 aromatic carbocycles. The molecular weight excluding hydrogens is 623 g/mol. The molecule has 1 unspecified atom stereocenters. The van der Waals surface area contributed by atoms with Crippen LogP contribution in [-0.4, -0.2) is 48.6 Å². The topological polar surface area (TPSA) is 103 Å². The minimum Gasteiger partial charge on any atom is -0.487 e. The molecular formula is C38H39N5O4S. The fourth-order valence-electron chi connectivity index (χ4n) is 6.89. The molecule has 0 bridgehead atoms. The Balaban J connectivity index is 1.31. The van der Waals surface area contributed by atoms with Crippen LogP contribution in [0.2, 0.25) is 0 Å². The Morgan fingerprint density at radius 2 is 1.98 bits per heavy atom. The second-order valence-corrected chi connectivity index (χ2v) is 13.5. The lowest BCUT2D eigenvalue weighted by Gasteiger charge is -2.29. The van der Waals surface area contributed by atoms with E-state index in [1.54, 1.807) is 16.0 Å². The number of ether oxygens (including phenoxy) is 2. The maximum Gasteiger partial charge on any atom is 0.304 e. The number of hydrogen-bond acceptors (Lipinski definition) is 8. The van der Waals surface area contributed by atoms with E-state index in [1.165, 1.54) is 4.70 Å². The van der Waals surface area contributed by atoms with Gasteiger partial charge in [-0.2, -0.15) is 0 Å². The van der Waals surface area contributed by atoms with Crippen molar-refractivity contribution in [1.82, 2.24) is 24.9 Å². The summed E-state index contributed by atoms with van der Waals surface area (Å²) in [5.74, 6) is 0.163. The van der Waals surface area contributed by atoms with Crippen molar-refractivity contribution in [2.45, 2.75) is 64.8 Å². The van der Waals surface area contributed by atoms with Crippen LogP contribution in [0.15, 0.2) is 78.3 Å². The number of carbonyl (C=O) groups is 1. The van der Waals surface area contributed by atoms with E-state index < -0.39 is 11.9 Å². The van der Waals surface area contributed by atoms with Gasteiger partial charge in [-0.15, -0.1) is 16.4 Å². The van der Waals surface area contributed by atoms with E-state index in [4.69, 9.17) is 14.5 Å². The third-order valence-corrected chi connectivity index (χ3v) is 10.5. The van der Waals surface area contributed by atoms with Gasteiger partial charge in [0.05, 0.1) is 18.2 Å². The summed E-state index contributed by atoms with van der Waals surface area (Å²) in [6.45, 7) is 8.14. The summed E-state index contributed by atoms with van der Waals surface area (Å²) < 4.78 is 15.7. The van der Waals surface area contributed by atoms with Crippen LogP contribution in [0.3, 0.4) is 0 Å². The molecule has 1 aliphatic heterocycles. The van der Waals surface area contributed by atoms with Crippen molar-refractivity contribution in [3.8, 4) is 11.5 Å². The van der Waals surface area contributed by atoms with E-state index in [2.05, 4.69) is 52.6 Å². The Labute approximate surface area is 283 Å². The monoisotopic (exact) mass is 661 g/mol. The van der Waals surface area contributed by atoms with Crippen LogP contribution in [-0.2, 0) is 25.0 Å². The first-order chi connectivity index (χ1) is 23.3. The van der Waals surface area contributed by atoms with Crippen LogP contribution in [0.25, 0.3) is 21.1 Å². The van der Waals surface area contributed by atoms with E-state index in [1.807, 2.05) is 68.7 Å². The highest BCUT2D eigenvalue weighted by molar-refractivity contribution is 7.17. The van der Waals surface area contributed by atoms with Gasteiger partial charge in [-0.3, -0.25) is 14.7 Å². The molecule has 1 N–H and O–H groups in total. The van der Waals surface area contributed by atoms with Crippen LogP contribution < -0.4 is 9.47 Å². The van der Waals surface area contributed by atoms with E-state index in [0.29, 0.717) is 24.4 Å². The summed E-state index contributed by atoms with van der Waals surface area (Å²) in [7, 11) is 1.85. The second-order valence-electron chi connectivity index (χ2n) is 12.6. The quantitative estimate of drug-likeness (QED) is 0.159. The number of aryl methyl sites for hydroxylation is 2. The zero-order chi connectivity index (χ0) is 33.4. The molecule has 6 aromatic rings. The smallest absolute Gasteiger partial charge is 0.304 e. The maximum atomic E-state index is 12.5. The Morgan fingerprint density at radius 3 is 2.77 bits per heavy atom. The van der Waals surface area contributed by atoms with Gasteiger partial charge in [-0.25, -0.2) is 4.68 Å². The van der Waals surface area contributed by atoms with Gasteiger partial charge in [0.25, 0.3) is 0 Å². The summed E-state index contributed by atoms with van der Waals surface area (Å²) in [5, 5.41) is 22.3. The zero-order valence-corrected chi connectivity index (χ0v) is 28.4. The Bertz CT molecular complexity index is 2090. The number of nitrogens with zero attached hydrogens (tertiary/aromatic N) is 5. The van der Waals surface area contributed by atoms with Crippen molar-refractivity contribution < 1.29 is 19.4 Å². The standard InChI is InChI=1S/C38H39N5O4S/c1-5-29-21-43(24(3)36-32(47-29)12-9-14-39-36)20-28-17-27(16-26-13-15-48-38(26)28)31(19-34(44)45)30-18-33(46-22-25-10-7-6-8-11-25)37-35(23(30)2)40-41-42(37)4/h6-18,24,29,31H,5,19-22H2,1-4H3,(H,44,45)/t24-,29+,31?/m0/s1. The molecule has 0 saturated heterocycles. The van der Waals surface area contributed by atoms with Crippen molar-refractivity contribution in [3.05, 3.63) is 112 Å². The summed E-state index contributed by atoms with van der Waals surface area (Å²) in [6.07, 6.45) is 2.66. The maximum absolute atomic E-state index is 12.5. The SMILES string of the molecule is CC[C@@H]1CN(Cc2cc(C(CC(=O)O)c3cc(OCc4ccccc4)c4c(nnn4C)c3C)cc3ccsc23)[C@@H](C)c2ncccc2O1. The minimum absolute atomic E-state index is 0.0373. The molecule has 0 spiro atoms. The fourth-order valence-corrected chi connectivity index (χ4v) is 7.78. The van der Waals surface area contributed by atoms with Crippen molar-refractivity contribution in [1.29, 1.82) is 0 Å². The average molecular weight is 662 g/mol. The predicted octanol–water partition coefficient (Wildman–Crippen LogP) is 7.81. The number of hydrogen-bond donors (Lipinski definition) is 1. The number of thiophene rings is 1. The molecule has 3 atom stereocenters. The Morgan fingerprint density at radius 1 is 1.15 bits per heavy atom. The summed E-state index contributed by atoms with van der Waals surface area (Å²) in [5.41, 5.74) is 7.34. The third kappa shape index (κ3) is 6.13. The van der Waals surface area contributed by atoms with E-state index in [-0.39, 0.29) is 18.6 Å². The van der Waals surface area contributed by atoms with Crippen molar-refractivity contribution >= 4 is 38.4 Å². The second kappa shape index (κ2) is 13.4. The number of pyridine rings is 1. The number of aromatic nitrogens is 4. The van der Waals surface area contributed by atoms with Crippen LogP contribution >= 0.6 is 11.3 Å². The molecule has 0 amide bonds. The molecule has 1 aliphatic rings. The van der Waals surface area contributed by atoms with Gasteiger partial charge < -0.3 is 14.6 Å². The summed E-state index contributed by atoms with van der Waals surface area (Å²) in [6, 6.07) is 22.4. The molecule has 0 fully saturated rings. The summed E-state index contributed by atoms with van der Waals surface area (Å²) in [4.78, 5) is 19.7. The van der Waals surface area contributed by atoms with Gasteiger partial charge >= 0.3 is 5.97 Å². The number of fused-ring (bicyclic) bond motifs is 3. The lowest BCUT2D eigenvalue weighted by Crippen LogP contribution is -2.34. The summed E-state index contributed by atoms with van der Waals surface area (Å²) >= 11 is 1.72. The first kappa shape index (κ1) is 31.8. The van der Waals surface area contributed by atoms with Gasteiger partial charge in [0.2, 0.25) is 0 Å². The highest BCUT2D eigenvalue weighted by atomic mass is 32.1. The van der Waals surface area contributed by atoms with Crippen molar-refractivity contribution in [2.24, 2.45) is 7.05 Å². The number of aliphatic carboxylic acids is 1. The lowest BCUT2D eigenvalue weighted by molar-refractivity contribution is -0.137. The Kier molecular flexibility index (Phi) is 8.85. The number of rotatable bonds is 10.